The van der Waals surface area contributed by atoms with E-state index in [2.05, 4.69) is 16.9 Å². The Balaban J connectivity index is 1.83. The van der Waals surface area contributed by atoms with Gasteiger partial charge in [0.25, 0.3) is 10.0 Å². The van der Waals surface area contributed by atoms with E-state index in [4.69, 9.17) is 5.73 Å². The number of nitrogen functional groups attached to an aromatic ring is 1. The van der Waals surface area contributed by atoms with Crippen LogP contribution in [0.5, 0.6) is 0 Å². The summed E-state index contributed by atoms with van der Waals surface area (Å²) in [5, 5.41) is -0.00684. The maximum atomic E-state index is 12.7. The molecule has 0 saturated carbocycles. The third kappa shape index (κ3) is 2.65. The minimum Gasteiger partial charge on any atom is -0.396 e. The summed E-state index contributed by atoms with van der Waals surface area (Å²) in [5.74, 6) is 0.414. The summed E-state index contributed by atoms with van der Waals surface area (Å²) >= 11 is 0. The van der Waals surface area contributed by atoms with Crippen LogP contribution in [0, 0.1) is 5.92 Å². The standard InChI is InChI=1S/C14H22N4O2S/c1-17-8-3-4-11-10-18(9-6-13(11)17)21(19,20)14-12(15)5-2-7-16-14/h2,5,7,11,13H,3-4,6,8-10,15H2,1H3. The number of piperidine rings is 2. The average molecular weight is 310 g/mol. The van der Waals surface area contributed by atoms with Gasteiger partial charge in [-0.1, -0.05) is 0 Å². The van der Waals surface area contributed by atoms with Gasteiger partial charge in [0.15, 0.2) is 5.03 Å². The lowest BCUT2D eigenvalue weighted by molar-refractivity contribution is 0.0670. The third-order valence-electron chi connectivity index (χ3n) is 4.69. The van der Waals surface area contributed by atoms with E-state index in [1.165, 1.54) is 6.20 Å². The lowest BCUT2D eigenvalue weighted by atomic mass is 9.85. The normalized spacial score (nSPS) is 28.2. The van der Waals surface area contributed by atoms with Crippen molar-refractivity contribution in [2.45, 2.75) is 30.3 Å². The summed E-state index contributed by atoms with van der Waals surface area (Å²) in [6.45, 7) is 2.23. The number of hydrogen-bond donors (Lipinski definition) is 1. The molecule has 2 fully saturated rings. The Morgan fingerprint density at radius 1 is 1.33 bits per heavy atom. The van der Waals surface area contributed by atoms with E-state index in [1.807, 2.05) is 0 Å². The largest absolute Gasteiger partial charge is 0.396 e. The Morgan fingerprint density at radius 3 is 2.90 bits per heavy atom. The van der Waals surface area contributed by atoms with Gasteiger partial charge in [-0.3, -0.25) is 0 Å². The Kier molecular flexibility index (Phi) is 3.90. The minimum atomic E-state index is -3.58. The second-order valence-electron chi connectivity index (χ2n) is 6.00. The van der Waals surface area contributed by atoms with Crippen molar-refractivity contribution in [3.63, 3.8) is 0 Å². The summed E-state index contributed by atoms with van der Waals surface area (Å²) in [5.41, 5.74) is 6.01. The van der Waals surface area contributed by atoms with Crippen LogP contribution in [0.3, 0.4) is 0 Å². The molecule has 2 unspecified atom stereocenters. The molecule has 2 aliphatic rings. The molecule has 2 aliphatic heterocycles. The number of aromatic nitrogens is 1. The first-order valence-corrected chi connectivity index (χ1v) is 8.85. The second kappa shape index (κ2) is 5.55. The summed E-state index contributed by atoms with van der Waals surface area (Å²) in [6, 6.07) is 3.74. The fourth-order valence-electron chi connectivity index (χ4n) is 3.58. The minimum absolute atomic E-state index is 0.00684. The molecule has 0 radical (unpaired) electrons. The summed E-state index contributed by atoms with van der Waals surface area (Å²) in [6.07, 6.45) is 4.59. The van der Waals surface area contributed by atoms with Crippen LogP contribution >= 0.6 is 0 Å². The SMILES string of the molecule is CN1CCCC2CN(S(=O)(=O)c3ncccc3N)CCC21. The molecule has 0 spiro atoms. The lowest BCUT2D eigenvalue weighted by Gasteiger charge is -2.45. The molecule has 3 rings (SSSR count). The van der Waals surface area contributed by atoms with Crippen molar-refractivity contribution < 1.29 is 8.42 Å². The number of hydrogen-bond acceptors (Lipinski definition) is 5. The molecule has 21 heavy (non-hydrogen) atoms. The number of anilines is 1. The highest BCUT2D eigenvalue weighted by Crippen LogP contribution is 2.32. The number of nitrogens with zero attached hydrogens (tertiary/aromatic N) is 3. The van der Waals surface area contributed by atoms with Crippen molar-refractivity contribution in [3.05, 3.63) is 18.3 Å². The van der Waals surface area contributed by atoms with Crippen LogP contribution < -0.4 is 5.73 Å². The lowest BCUT2D eigenvalue weighted by Crippen LogP contribution is -2.53. The van der Waals surface area contributed by atoms with Gasteiger partial charge in [-0.25, -0.2) is 13.4 Å². The molecule has 0 aromatic carbocycles. The molecule has 0 amide bonds. The van der Waals surface area contributed by atoms with Crippen LogP contribution in [0.25, 0.3) is 0 Å². The molecular formula is C14H22N4O2S. The van der Waals surface area contributed by atoms with Crippen molar-refractivity contribution in [3.8, 4) is 0 Å². The molecule has 0 aliphatic carbocycles. The van der Waals surface area contributed by atoms with Crippen LogP contribution in [-0.2, 0) is 10.0 Å². The molecule has 116 valence electrons. The van der Waals surface area contributed by atoms with Gasteiger partial charge in [0.1, 0.15) is 0 Å². The molecule has 1 aromatic heterocycles. The summed E-state index contributed by atoms with van der Waals surface area (Å²) in [4.78, 5) is 6.35. The van der Waals surface area contributed by atoms with Crippen LogP contribution in [0.4, 0.5) is 5.69 Å². The predicted octanol–water partition coefficient (Wildman–Crippen LogP) is 0.769. The Bertz CT molecular complexity index is 619. The van der Waals surface area contributed by atoms with E-state index >= 15 is 0 Å². The molecule has 2 atom stereocenters. The average Bonchev–Trinajstić information content (AvgIpc) is 2.47. The van der Waals surface area contributed by atoms with Crippen molar-refractivity contribution in [2.24, 2.45) is 5.92 Å². The predicted molar refractivity (Wildman–Crippen MR) is 81.2 cm³/mol. The quantitative estimate of drug-likeness (QED) is 0.873. The van der Waals surface area contributed by atoms with Crippen molar-refractivity contribution in [1.29, 1.82) is 0 Å². The Morgan fingerprint density at radius 2 is 2.14 bits per heavy atom. The smallest absolute Gasteiger partial charge is 0.262 e. The molecule has 2 N–H and O–H groups in total. The highest BCUT2D eigenvalue weighted by molar-refractivity contribution is 7.89. The zero-order chi connectivity index (χ0) is 15.0. The number of sulfonamides is 1. The summed E-state index contributed by atoms with van der Waals surface area (Å²) in [7, 11) is -1.45. The van der Waals surface area contributed by atoms with Gasteiger partial charge in [-0.2, -0.15) is 4.31 Å². The van der Waals surface area contributed by atoms with Crippen LogP contribution in [0.1, 0.15) is 19.3 Å². The van der Waals surface area contributed by atoms with E-state index < -0.39 is 10.0 Å². The first kappa shape index (κ1) is 14.7. The number of likely N-dealkylation sites (tertiary alicyclic amines) is 1. The maximum absolute atomic E-state index is 12.7. The van der Waals surface area contributed by atoms with Gasteiger partial charge >= 0.3 is 0 Å². The van der Waals surface area contributed by atoms with E-state index in [9.17, 15) is 8.42 Å². The van der Waals surface area contributed by atoms with Crippen LogP contribution in [0.15, 0.2) is 23.4 Å². The number of fused-ring (bicyclic) bond motifs is 1. The Labute approximate surface area is 126 Å². The molecule has 3 heterocycles. The Hall–Kier alpha value is -1.18. The van der Waals surface area contributed by atoms with Crippen LogP contribution in [0.2, 0.25) is 0 Å². The fourth-order valence-corrected chi connectivity index (χ4v) is 5.12. The van der Waals surface area contributed by atoms with Gasteiger partial charge in [0, 0.05) is 25.3 Å². The van der Waals surface area contributed by atoms with Gasteiger partial charge in [0.2, 0.25) is 0 Å². The molecular weight excluding hydrogens is 288 g/mol. The van der Waals surface area contributed by atoms with Crippen molar-refractivity contribution >= 4 is 15.7 Å². The van der Waals surface area contributed by atoms with Crippen LogP contribution in [-0.4, -0.2) is 55.3 Å². The zero-order valence-electron chi connectivity index (χ0n) is 12.3. The van der Waals surface area contributed by atoms with Crippen molar-refractivity contribution in [2.75, 3.05) is 32.4 Å². The molecule has 2 saturated heterocycles. The molecule has 1 aromatic rings. The third-order valence-corrected chi connectivity index (χ3v) is 6.53. The zero-order valence-corrected chi connectivity index (χ0v) is 13.1. The highest BCUT2D eigenvalue weighted by atomic mass is 32.2. The monoisotopic (exact) mass is 310 g/mol. The topological polar surface area (TPSA) is 79.5 Å². The van der Waals surface area contributed by atoms with E-state index in [0.29, 0.717) is 25.0 Å². The molecule has 6 nitrogen and oxygen atoms in total. The second-order valence-corrected chi connectivity index (χ2v) is 7.85. The fraction of sp³-hybridized carbons (Fsp3) is 0.643. The van der Waals surface area contributed by atoms with E-state index in [1.54, 1.807) is 16.4 Å². The van der Waals surface area contributed by atoms with Gasteiger partial charge in [-0.15, -0.1) is 0 Å². The van der Waals surface area contributed by atoms with Gasteiger partial charge < -0.3 is 10.6 Å². The van der Waals surface area contributed by atoms with E-state index in [0.717, 1.165) is 25.8 Å². The number of rotatable bonds is 2. The van der Waals surface area contributed by atoms with E-state index in [-0.39, 0.29) is 10.7 Å². The van der Waals surface area contributed by atoms with Crippen molar-refractivity contribution in [1.82, 2.24) is 14.2 Å². The maximum Gasteiger partial charge on any atom is 0.262 e. The molecule has 7 heteroatoms. The first-order chi connectivity index (χ1) is 10.00. The highest BCUT2D eigenvalue weighted by Gasteiger charge is 2.39. The summed E-state index contributed by atoms with van der Waals surface area (Å²) < 4.78 is 27.0. The number of pyridine rings is 1. The molecule has 0 bridgehead atoms. The first-order valence-electron chi connectivity index (χ1n) is 7.41. The van der Waals surface area contributed by atoms with Gasteiger partial charge in [-0.05, 0) is 50.9 Å². The number of nitrogens with two attached hydrogens (primary N) is 1. The van der Waals surface area contributed by atoms with Gasteiger partial charge in [0.05, 0.1) is 5.69 Å².